The van der Waals surface area contributed by atoms with Crippen LogP contribution in [-0.4, -0.2) is 87.4 Å². The molecule has 1 amide bonds. The number of benzene rings is 3. The maximum atomic E-state index is 13.2. The first-order valence-electron chi connectivity index (χ1n) is 16.2. The molecule has 11 nitrogen and oxygen atoms in total. The summed E-state index contributed by atoms with van der Waals surface area (Å²) in [6.45, 7) is 2.99. The number of carbonyl (C=O) groups excluding carboxylic acids is 1. The Morgan fingerprint density at radius 1 is 1.00 bits per heavy atom. The van der Waals surface area contributed by atoms with E-state index in [9.17, 15) is 10.1 Å². The van der Waals surface area contributed by atoms with Gasteiger partial charge >= 0.3 is 12.1 Å². The summed E-state index contributed by atoms with van der Waals surface area (Å²) in [6.07, 6.45) is 4.43. The summed E-state index contributed by atoms with van der Waals surface area (Å²) in [5, 5.41) is 16.9. The summed E-state index contributed by atoms with van der Waals surface area (Å²) in [4.78, 5) is 28.9. The van der Waals surface area contributed by atoms with Gasteiger partial charge in [0.05, 0.1) is 30.4 Å². The normalized spacial score (nSPS) is 18.5. The molecule has 0 unspecified atom stereocenters. The number of fused-ring (bicyclic) bond motifs is 2. The molecular weight excluding hydrogens is 592 g/mol. The van der Waals surface area contributed by atoms with Gasteiger partial charge in [0.2, 0.25) is 0 Å². The predicted molar refractivity (Wildman–Crippen MR) is 178 cm³/mol. The van der Waals surface area contributed by atoms with Crippen molar-refractivity contribution in [2.24, 2.45) is 0 Å². The molecule has 7 rings (SSSR count). The lowest BCUT2D eigenvalue weighted by Gasteiger charge is -2.40. The van der Waals surface area contributed by atoms with E-state index < -0.39 is 6.09 Å². The van der Waals surface area contributed by atoms with Crippen LogP contribution in [-0.2, 0) is 17.8 Å². The lowest BCUT2D eigenvalue weighted by molar-refractivity contribution is 0.0768. The number of hydrogen-bond acceptors (Lipinski definition) is 9. The van der Waals surface area contributed by atoms with Gasteiger partial charge in [0.1, 0.15) is 13.2 Å². The standard InChI is InChI=1S/C36H38N8O3/c1-41-18-8-14-30(41)25-46-35-39-34(33-38-22-31(44(33)40-35)21-28-13-7-12-27-11-5-6-15-32(27)28)42-19-20-43(29(23-42)16-17-37)36(45)47-24-26-9-3-2-4-10-26/h2-7,9-13,15,22,29-30H,8,14,16,18-21,23-25H2,1H3/t29-,30-/m0/s1. The topological polar surface area (TPSA) is 112 Å². The van der Waals surface area contributed by atoms with Gasteiger partial charge in [0, 0.05) is 32.1 Å². The number of hydrogen-bond donors (Lipinski definition) is 0. The third-order valence-electron chi connectivity index (χ3n) is 9.27. The van der Waals surface area contributed by atoms with E-state index in [4.69, 9.17) is 24.5 Å². The molecule has 0 aliphatic carbocycles. The summed E-state index contributed by atoms with van der Waals surface area (Å²) in [7, 11) is 2.12. The van der Waals surface area contributed by atoms with Gasteiger partial charge in [-0.05, 0) is 48.3 Å². The molecule has 2 fully saturated rings. The quantitative estimate of drug-likeness (QED) is 0.220. The van der Waals surface area contributed by atoms with Crippen LogP contribution >= 0.6 is 0 Å². The molecule has 3 aromatic carbocycles. The van der Waals surface area contributed by atoms with Crippen molar-refractivity contribution >= 4 is 28.3 Å². The van der Waals surface area contributed by atoms with Gasteiger partial charge in [0.15, 0.2) is 11.5 Å². The smallest absolute Gasteiger partial charge is 0.410 e. The maximum Gasteiger partial charge on any atom is 0.410 e. The molecule has 11 heteroatoms. The zero-order valence-electron chi connectivity index (χ0n) is 26.5. The molecule has 47 heavy (non-hydrogen) atoms. The van der Waals surface area contributed by atoms with Crippen molar-refractivity contribution in [2.75, 3.05) is 44.7 Å². The molecular formula is C36H38N8O3. The van der Waals surface area contributed by atoms with Crippen molar-refractivity contribution in [3.8, 4) is 12.1 Å². The van der Waals surface area contributed by atoms with Crippen molar-refractivity contribution in [2.45, 2.75) is 44.4 Å². The highest BCUT2D eigenvalue weighted by Gasteiger charge is 2.34. The number of carbonyl (C=O) groups is 1. The van der Waals surface area contributed by atoms with E-state index in [1.807, 2.05) is 47.1 Å². The van der Waals surface area contributed by atoms with Crippen LogP contribution in [0.15, 0.2) is 79.0 Å². The number of nitriles is 1. The van der Waals surface area contributed by atoms with Gasteiger partial charge in [-0.1, -0.05) is 72.8 Å². The monoisotopic (exact) mass is 630 g/mol. The second-order valence-electron chi connectivity index (χ2n) is 12.3. The van der Waals surface area contributed by atoms with Gasteiger partial charge in [-0.3, -0.25) is 0 Å². The van der Waals surface area contributed by atoms with Crippen LogP contribution in [0.2, 0.25) is 0 Å². The fourth-order valence-corrected chi connectivity index (χ4v) is 6.66. The first-order valence-corrected chi connectivity index (χ1v) is 16.2. The molecule has 0 bridgehead atoms. The van der Waals surface area contributed by atoms with Gasteiger partial charge in [-0.2, -0.15) is 10.2 Å². The van der Waals surface area contributed by atoms with E-state index in [2.05, 4.69) is 59.3 Å². The molecule has 240 valence electrons. The molecule has 2 aliphatic heterocycles. The molecule has 4 heterocycles. The Bertz CT molecular complexity index is 1900. The highest BCUT2D eigenvalue weighted by molar-refractivity contribution is 5.86. The van der Waals surface area contributed by atoms with Crippen LogP contribution < -0.4 is 9.64 Å². The molecule has 0 spiro atoms. The van der Waals surface area contributed by atoms with E-state index in [-0.39, 0.29) is 25.1 Å². The van der Waals surface area contributed by atoms with Gasteiger partial charge in [-0.15, -0.1) is 5.10 Å². The van der Waals surface area contributed by atoms with Crippen LogP contribution in [0.4, 0.5) is 10.6 Å². The van der Waals surface area contributed by atoms with E-state index >= 15 is 0 Å². The number of likely N-dealkylation sites (tertiary alicyclic amines) is 1. The predicted octanol–water partition coefficient (Wildman–Crippen LogP) is 5.08. The largest absolute Gasteiger partial charge is 0.461 e. The van der Waals surface area contributed by atoms with E-state index in [1.54, 1.807) is 4.90 Å². The third-order valence-corrected chi connectivity index (χ3v) is 9.27. The molecule has 5 aromatic rings. The highest BCUT2D eigenvalue weighted by Crippen LogP contribution is 2.28. The van der Waals surface area contributed by atoms with E-state index in [0.29, 0.717) is 50.2 Å². The SMILES string of the molecule is CN1CCC[C@H]1COc1nc(N2CCN(C(=O)OCc3ccccc3)[C@@H](CC#N)C2)c2ncc(Cc3cccc4ccccc34)n2n1. The van der Waals surface area contributed by atoms with E-state index in [1.165, 1.54) is 16.3 Å². The highest BCUT2D eigenvalue weighted by atomic mass is 16.6. The van der Waals surface area contributed by atoms with Crippen molar-refractivity contribution in [3.05, 3.63) is 95.8 Å². The zero-order valence-corrected chi connectivity index (χ0v) is 26.5. The third kappa shape index (κ3) is 6.55. The number of nitrogens with zero attached hydrogens (tertiary/aromatic N) is 8. The van der Waals surface area contributed by atoms with Crippen molar-refractivity contribution in [3.63, 3.8) is 0 Å². The first-order chi connectivity index (χ1) is 23.1. The summed E-state index contributed by atoms with van der Waals surface area (Å²) in [5.74, 6) is 0.624. The van der Waals surface area contributed by atoms with Crippen LogP contribution in [0.3, 0.4) is 0 Å². The van der Waals surface area contributed by atoms with Crippen LogP contribution in [0.5, 0.6) is 6.01 Å². The molecule has 0 radical (unpaired) electrons. The first kappa shape index (κ1) is 30.4. The van der Waals surface area contributed by atoms with Crippen LogP contribution in [0.25, 0.3) is 16.4 Å². The summed E-state index contributed by atoms with van der Waals surface area (Å²) in [6, 6.07) is 26.8. The number of ether oxygens (including phenoxy) is 2. The van der Waals surface area contributed by atoms with Gasteiger partial charge < -0.3 is 24.2 Å². The number of rotatable bonds is 9. The summed E-state index contributed by atoms with van der Waals surface area (Å²) < 4.78 is 13.8. The van der Waals surface area contributed by atoms with Gasteiger partial charge in [0.25, 0.3) is 0 Å². The fraction of sp³-hybridized carbons (Fsp3) is 0.361. The second-order valence-corrected chi connectivity index (χ2v) is 12.3. The molecule has 2 aromatic heterocycles. The molecule has 2 atom stereocenters. The van der Waals surface area contributed by atoms with Gasteiger partial charge in [-0.25, -0.2) is 14.3 Å². The molecule has 2 saturated heterocycles. The molecule has 2 aliphatic rings. The lowest BCUT2D eigenvalue weighted by Crippen LogP contribution is -2.55. The Hall–Kier alpha value is -5.21. The Kier molecular flexibility index (Phi) is 8.84. The zero-order chi connectivity index (χ0) is 32.2. The van der Waals surface area contributed by atoms with Crippen molar-refractivity contribution < 1.29 is 14.3 Å². The van der Waals surface area contributed by atoms with E-state index in [0.717, 1.165) is 30.6 Å². The lowest BCUT2D eigenvalue weighted by atomic mass is 10.0. The number of anilines is 1. The Morgan fingerprint density at radius 2 is 1.83 bits per heavy atom. The minimum Gasteiger partial charge on any atom is -0.461 e. The van der Waals surface area contributed by atoms with Crippen molar-refractivity contribution in [1.29, 1.82) is 5.26 Å². The minimum atomic E-state index is -0.426. The number of amides is 1. The number of likely N-dealkylation sites (N-methyl/N-ethyl adjacent to an activating group) is 1. The van der Waals surface area contributed by atoms with Crippen LogP contribution in [0.1, 0.15) is 36.1 Å². The Balaban J connectivity index is 1.18. The van der Waals surface area contributed by atoms with Crippen LogP contribution in [0, 0.1) is 11.3 Å². The number of aromatic nitrogens is 4. The summed E-state index contributed by atoms with van der Waals surface area (Å²) in [5.41, 5.74) is 3.62. The van der Waals surface area contributed by atoms with Crippen molar-refractivity contribution in [1.82, 2.24) is 29.4 Å². The maximum absolute atomic E-state index is 13.2. The number of piperazine rings is 1. The molecule has 0 N–H and O–H groups in total. The number of imidazole rings is 1. The average molecular weight is 631 g/mol. The Morgan fingerprint density at radius 3 is 2.66 bits per heavy atom. The molecule has 0 saturated carbocycles. The average Bonchev–Trinajstić information content (AvgIpc) is 3.71. The second kappa shape index (κ2) is 13.6. The Labute approximate surface area is 273 Å². The fourth-order valence-electron chi connectivity index (χ4n) is 6.66. The summed E-state index contributed by atoms with van der Waals surface area (Å²) >= 11 is 0. The minimum absolute atomic E-state index is 0.163.